The number of aromatic nitrogens is 2. The molecule has 16 heavy (non-hydrogen) atoms. The van der Waals surface area contributed by atoms with Crippen molar-refractivity contribution in [1.82, 2.24) is 9.38 Å². The van der Waals surface area contributed by atoms with E-state index in [2.05, 4.69) is 4.98 Å². The molecule has 0 aliphatic rings. The fourth-order valence-electron chi connectivity index (χ4n) is 1.53. The van der Waals surface area contributed by atoms with Gasteiger partial charge in [0.15, 0.2) is 6.29 Å². The maximum absolute atomic E-state index is 12.6. The normalized spacial score (nSPS) is 12.0. The first kappa shape index (κ1) is 10.7. The second kappa shape index (κ2) is 3.33. The zero-order valence-electron chi connectivity index (χ0n) is 8.25. The first-order valence-corrected chi connectivity index (χ1v) is 4.44. The summed E-state index contributed by atoms with van der Waals surface area (Å²) < 4.78 is 38.7. The van der Waals surface area contributed by atoms with E-state index in [-0.39, 0.29) is 11.3 Å². The van der Waals surface area contributed by atoms with Crippen LogP contribution in [0.5, 0.6) is 0 Å². The van der Waals surface area contributed by atoms with Crippen molar-refractivity contribution in [2.75, 3.05) is 0 Å². The third-order valence-electron chi connectivity index (χ3n) is 2.23. The van der Waals surface area contributed by atoms with Crippen molar-refractivity contribution >= 4 is 11.8 Å². The lowest BCUT2D eigenvalue weighted by atomic mass is 10.3. The van der Waals surface area contributed by atoms with Crippen molar-refractivity contribution < 1.29 is 18.0 Å². The highest BCUT2D eigenvalue weighted by molar-refractivity contribution is 5.75. The van der Waals surface area contributed by atoms with E-state index in [1.807, 2.05) is 0 Å². The summed E-state index contributed by atoms with van der Waals surface area (Å²) in [5.74, 6) is -1.01. The third kappa shape index (κ3) is 1.56. The van der Waals surface area contributed by atoms with Gasteiger partial charge in [0.2, 0.25) is 5.82 Å². The van der Waals surface area contributed by atoms with Gasteiger partial charge < -0.3 is 0 Å². The number of imidazole rings is 1. The van der Waals surface area contributed by atoms with Crippen LogP contribution in [0, 0.1) is 6.92 Å². The van der Waals surface area contributed by atoms with Crippen LogP contribution in [0.3, 0.4) is 0 Å². The molecule has 6 heteroatoms. The Kier molecular flexibility index (Phi) is 2.22. The zero-order valence-corrected chi connectivity index (χ0v) is 8.25. The van der Waals surface area contributed by atoms with Crippen LogP contribution >= 0.6 is 0 Å². The van der Waals surface area contributed by atoms with Crippen LogP contribution in [-0.4, -0.2) is 15.7 Å². The number of fused-ring (bicyclic) bond motifs is 1. The quantitative estimate of drug-likeness (QED) is 0.702. The van der Waals surface area contributed by atoms with Gasteiger partial charge in [-0.1, -0.05) is 0 Å². The molecule has 0 unspecified atom stereocenters. The molecule has 0 aliphatic heterocycles. The van der Waals surface area contributed by atoms with Gasteiger partial charge in [-0.25, -0.2) is 4.98 Å². The van der Waals surface area contributed by atoms with Crippen LogP contribution in [0.2, 0.25) is 0 Å². The number of halogens is 3. The molecule has 2 rings (SSSR count). The monoisotopic (exact) mass is 228 g/mol. The van der Waals surface area contributed by atoms with Crippen LogP contribution in [0.4, 0.5) is 13.2 Å². The van der Waals surface area contributed by atoms with Gasteiger partial charge in [-0.05, 0) is 19.1 Å². The predicted molar refractivity (Wildman–Crippen MR) is 50.3 cm³/mol. The zero-order chi connectivity index (χ0) is 11.9. The minimum atomic E-state index is -4.53. The molecule has 84 valence electrons. The van der Waals surface area contributed by atoms with Crippen LogP contribution in [-0.2, 0) is 6.18 Å². The highest BCUT2D eigenvalue weighted by Crippen LogP contribution is 2.30. The first-order valence-electron chi connectivity index (χ1n) is 4.44. The van der Waals surface area contributed by atoms with Gasteiger partial charge in [-0.15, -0.1) is 0 Å². The Morgan fingerprint density at radius 2 is 2.06 bits per heavy atom. The van der Waals surface area contributed by atoms with Gasteiger partial charge >= 0.3 is 6.18 Å². The molecule has 0 aliphatic carbocycles. The molecular weight excluding hydrogens is 221 g/mol. The fraction of sp³-hybridized carbons (Fsp3) is 0.200. The molecule has 2 heterocycles. The number of alkyl halides is 3. The maximum Gasteiger partial charge on any atom is 0.450 e. The molecule has 0 fully saturated rings. The molecule has 0 spiro atoms. The van der Waals surface area contributed by atoms with E-state index in [1.54, 1.807) is 0 Å². The van der Waals surface area contributed by atoms with Crippen molar-refractivity contribution in [2.45, 2.75) is 13.1 Å². The number of hydrogen-bond acceptors (Lipinski definition) is 2. The SMILES string of the molecule is Cc1nc(C(F)(F)F)n2cc(C=O)ccc12. The molecule has 0 aromatic carbocycles. The average Bonchev–Trinajstić information content (AvgIpc) is 2.55. The highest BCUT2D eigenvalue weighted by atomic mass is 19.4. The molecule has 0 saturated carbocycles. The Morgan fingerprint density at radius 3 is 2.62 bits per heavy atom. The summed E-state index contributed by atoms with van der Waals surface area (Å²) >= 11 is 0. The van der Waals surface area contributed by atoms with Crippen LogP contribution in [0.25, 0.3) is 5.52 Å². The molecule has 0 atom stereocenters. The van der Waals surface area contributed by atoms with Gasteiger partial charge in [0.25, 0.3) is 0 Å². The van der Waals surface area contributed by atoms with Crippen molar-refractivity contribution in [3.05, 3.63) is 35.4 Å². The first-order chi connectivity index (χ1) is 7.43. The van der Waals surface area contributed by atoms with Gasteiger partial charge in [0, 0.05) is 11.8 Å². The Balaban J connectivity index is 2.80. The fourth-order valence-corrected chi connectivity index (χ4v) is 1.53. The Labute approximate surface area is 88.5 Å². The summed E-state index contributed by atoms with van der Waals surface area (Å²) in [4.78, 5) is 14.0. The van der Waals surface area contributed by atoms with E-state index in [0.29, 0.717) is 11.8 Å². The number of carbonyl (C=O) groups is 1. The summed E-state index contributed by atoms with van der Waals surface area (Å²) in [5.41, 5.74) is 0.804. The summed E-state index contributed by atoms with van der Waals surface area (Å²) in [7, 11) is 0. The van der Waals surface area contributed by atoms with Crippen LogP contribution < -0.4 is 0 Å². The molecule has 2 aromatic heterocycles. The van der Waals surface area contributed by atoms with E-state index in [0.717, 1.165) is 10.6 Å². The van der Waals surface area contributed by atoms with Gasteiger partial charge in [0.05, 0.1) is 11.2 Å². The topological polar surface area (TPSA) is 34.4 Å². The standard InChI is InChI=1S/C10H7F3N2O/c1-6-8-3-2-7(5-16)4-15(8)9(14-6)10(11,12)13/h2-5H,1H3. The molecule has 2 aromatic rings. The molecule has 3 nitrogen and oxygen atoms in total. The largest absolute Gasteiger partial charge is 0.450 e. The molecule has 0 radical (unpaired) electrons. The van der Waals surface area contributed by atoms with Gasteiger partial charge in [0.1, 0.15) is 0 Å². The Morgan fingerprint density at radius 1 is 1.38 bits per heavy atom. The summed E-state index contributed by atoms with van der Waals surface area (Å²) in [6, 6.07) is 2.90. The second-order valence-electron chi connectivity index (χ2n) is 3.35. The van der Waals surface area contributed by atoms with Crippen molar-refractivity contribution in [1.29, 1.82) is 0 Å². The smallest absolute Gasteiger partial charge is 0.298 e. The van der Waals surface area contributed by atoms with Crippen molar-refractivity contribution in [3.8, 4) is 0 Å². The van der Waals surface area contributed by atoms with Gasteiger partial charge in [-0.2, -0.15) is 13.2 Å². The third-order valence-corrected chi connectivity index (χ3v) is 2.23. The molecule has 0 amide bonds. The Hall–Kier alpha value is -1.85. The number of aryl methyl sites for hydroxylation is 1. The predicted octanol–water partition coefficient (Wildman–Crippen LogP) is 2.47. The lowest BCUT2D eigenvalue weighted by Crippen LogP contribution is -2.10. The van der Waals surface area contributed by atoms with Crippen molar-refractivity contribution in [2.24, 2.45) is 0 Å². The second-order valence-corrected chi connectivity index (χ2v) is 3.35. The highest BCUT2D eigenvalue weighted by Gasteiger charge is 2.36. The number of hydrogen-bond donors (Lipinski definition) is 0. The minimum Gasteiger partial charge on any atom is -0.298 e. The average molecular weight is 228 g/mol. The van der Waals surface area contributed by atoms with E-state index in [9.17, 15) is 18.0 Å². The summed E-state index contributed by atoms with van der Waals surface area (Å²) in [6.45, 7) is 1.49. The molecule has 0 saturated heterocycles. The minimum absolute atomic E-state index is 0.176. The summed E-state index contributed by atoms with van der Waals surface area (Å²) in [5, 5.41) is 0. The molecule has 0 bridgehead atoms. The van der Waals surface area contributed by atoms with Crippen molar-refractivity contribution in [3.63, 3.8) is 0 Å². The summed E-state index contributed by atoms with van der Waals surface area (Å²) in [6.07, 6.45) is -2.90. The maximum atomic E-state index is 12.6. The van der Waals surface area contributed by atoms with Gasteiger partial charge in [-0.3, -0.25) is 9.20 Å². The number of nitrogens with zero attached hydrogens (tertiary/aromatic N) is 2. The Bertz CT molecular complexity index is 557. The number of rotatable bonds is 1. The molecular formula is C10H7F3N2O. The lowest BCUT2D eigenvalue weighted by Gasteiger charge is -2.04. The molecule has 0 N–H and O–H groups in total. The van der Waals surface area contributed by atoms with E-state index < -0.39 is 12.0 Å². The van der Waals surface area contributed by atoms with E-state index >= 15 is 0 Å². The van der Waals surface area contributed by atoms with E-state index in [4.69, 9.17) is 0 Å². The van der Waals surface area contributed by atoms with Crippen LogP contribution in [0.1, 0.15) is 21.9 Å². The van der Waals surface area contributed by atoms with Crippen LogP contribution in [0.15, 0.2) is 18.3 Å². The number of aldehydes is 1. The number of carbonyl (C=O) groups excluding carboxylic acids is 1. The number of pyridine rings is 1. The van der Waals surface area contributed by atoms with E-state index in [1.165, 1.54) is 19.1 Å². The lowest BCUT2D eigenvalue weighted by molar-refractivity contribution is -0.145.